The predicted octanol–water partition coefficient (Wildman–Crippen LogP) is 2.19. The van der Waals surface area contributed by atoms with Gasteiger partial charge in [0.2, 0.25) is 5.91 Å². The van der Waals surface area contributed by atoms with Gasteiger partial charge in [-0.1, -0.05) is 12.1 Å². The van der Waals surface area contributed by atoms with Crippen molar-refractivity contribution in [1.82, 2.24) is 5.32 Å². The van der Waals surface area contributed by atoms with Gasteiger partial charge in [0, 0.05) is 11.8 Å². The third-order valence-electron chi connectivity index (χ3n) is 2.76. The number of sulfonamides is 1. The average Bonchev–Trinajstić information content (AvgIpc) is 2.95. The van der Waals surface area contributed by atoms with Crippen LogP contribution in [-0.4, -0.2) is 21.4 Å². The molecule has 1 amide bonds. The lowest BCUT2D eigenvalue weighted by Gasteiger charge is -2.10. The summed E-state index contributed by atoms with van der Waals surface area (Å²) in [5.41, 5.74) is 0.377. The third-order valence-corrected chi connectivity index (χ3v) is 5.71. The molecule has 0 saturated carbocycles. The van der Waals surface area contributed by atoms with Gasteiger partial charge in [0.25, 0.3) is 10.0 Å². The quantitative estimate of drug-likeness (QED) is 0.844. The molecule has 0 spiro atoms. The highest BCUT2D eigenvalue weighted by Gasteiger charge is 2.18. The molecule has 1 aromatic carbocycles. The molecule has 2 N–H and O–H groups in total. The number of rotatable bonds is 6. The Balaban J connectivity index is 2.18. The van der Waals surface area contributed by atoms with Gasteiger partial charge in [-0.25, -0.2) is 8.42 Å². The molecule has 0 unspecified atom stereocenters. The molecule has 0 aliphatic rings. The SMILES string of the molecule is COc1ccccc1NS(=O)(=O)c1ccc(CNC(C)=O)s1. The van der Waals surface area contributed by atoms with Crippen molar-refractivity contribution >= 4 is 33.0 Å². The number of nitrogens with one attached hydrogen (secondary N) is 2. The Morgan fingerprint density at radius 1 is 1.23 bits per heavy atom. The van der Waals surface area contributed by atoms with Gasteiger partial charge < -0.3 is 10.1 Å². The van der Waals surface area contributed by atoms with Crippen molar-refractivity contribution in [3.63, 3.8) is 0 Å². The Labute approximate surface area is 133 Å². The van der Waals surface area contributed by atoms with Crippen LogP contribution in [-0.2, 0) is 21.4 Å². The van der Waals surface area contributed by atoms with Crippen LogP contribution in [0.2, 0.25) is 0 Å². The van der Waals surface area contributed by atoms with Crippen LogP contribution in [0, 0.1) is 0 Å². The van der Waals surface area contributed by atoms with Gasteiger partial charge >= 0.3 is 0 Å². The van der Waals surface area contributed by atoms with Crippen LogP contribution < -0.4 is 14.8 Å². The number of anilines is 1. The summed E-state index contributed by atoms with van der Waals surface area (Å²) in [6, 6.07) is 9.97. The zero-order chi connectivity index (χ0) is 16.2. The zero-order valence-corrected chi connectivity index (χ0v) is 13.8. The van der Waals surface area contributed by atoms with E-state index in [1.807, 2.05) is 0 Å². The molecular formula is C14H16N2O4S2. The number of para-hydroxylation sites is 2. The molecule has 118 valence electrons. The van der Waals surface area contributed by atoms with Gasteiger partial charge in [-0.05, 0) is 24.3 Å². The Kier molecular flexibility index (Phi) is 5.04. The molecule has 1 heterocycles. The summed E-state index contributed by atoms with van der Waals surface area (Å²) in [7, 11) is -2.21. The summed E-state index contributed by atoms with van der Waals surface area (Å²) >= 11 is 1.11. The highest BCUT2D eigenvalue weighted by molar-refractivity contribution is 7.94. The number of methoxy groups -OCH3 is 1. The molecule has 0 aliphatic carbocycles. The van der Waals surface area contributed by atoms with Gasteiger partial charge in [-0.15, -0.1) is 11.3 Å². The van der Waals surface area contributed by atoms with Gasteiger partial charge in [0.05, 0.1) is 19.3 Å². The van der Waals surface area contributed by atoms with E-state index < -0.39 is 10.0 Å². The lowest BCUT2D eigenvalue weighted by atomic mass is 10.3. The Bertz CT molecular complexity index is 769. The lowest BCUT2D eigenvalue weighted by Crippen LogP contribution is -2.18. The van der Waals surface area contributed by atoms with Crippen LogP contribution in [0.5, 0.6) is 5.75 Å². The number of ether oxygens (including phenoxy) is 1. The van der Waals surface area contributed by atoms with E-state index in [-0.39, 0.29) is 10.1 Å². The van der Waals surface area contributed by atoms with Crippen LogP contribution in [0.15, 0.2) is 40.6 Å². The monoisotopic (exact) mass is 340 g/mol. The maximum absolute atomic E-state index is 12.4. The number of thiophene rings is 1. The summed E-state index contributed by atoms with van der Waals surface area (Å²) in [5, 5.41) is 2.63. The molecule has 0 saturated heterocycles. The van der Waals surface area contributed by atoms with Crippen molar-refractivity contribution in [3.8, 4) is 5.75 Å². The van der Waals surface area contributed by atoms with E-state index in [1.165, 1.54) is 20.1 Å². The second kappa shape index (κ2) is 6.80. The van der Waals surface area contributed by atoms with Gasteiger partial charge in [-0.2, -0.15) is 0 Å². The number of carbonyl (C=O) groups excluding carboxylic acids is 1. The average molecular weight is 340 g/mol. The van der Waals surface area contributed by atoms with Crippen LogP contribution >= 0.6 is 11.3 Å². The Hall–Kier alpha value is -2.06. The van der Waals surface area contributed by atoms with Crippen molar-refractivity contribution < 1.29 is 17.9 Å². The molecule has 0 fully saturated rings. The molecule has 2 aromatic rings. The van der Waals surface area contributed by atoms with Crippen LogP contribution in [0.4, 0.5) is 5.69 Å². The topological polar surface area (TPSA) is 84.5 Å². The van der Waals surface area contributed by atoms with E-state index in [4.69, 9.17) is 4.74 Å². The first-order valence-corrected chi connectivity index (χ1v) is 8.71. The lowest BCUT2D eigenvalue weighted by molar-refractivity contribution is -0.119. The van der Waals surface area contributed by atoms with Crippen molar-refractivity contribution in [2.75, 3.05) is 11.8 Å². The fourth-order valence-corrected chi connectivity index (χ4v) is 4.10. The molecule has 8 heteroatoms. The zero-order valence-electron chi connectivity index (χ0n) is 12.1. The number of carbonyl (C=O) groups is 1. The number of hydrogen-bond donors (Lipinski definition) is 2. The van der Waals surface area contributed by atoms with Crippen molar-refractivity contribution in [1.29, 1.82) is 0 Å². The van der Waals surface area contributed by atoms with Crippen molar-refractivity contribution in [3.05, 3.63) is 41.3 Å². The minimum atomic E-state index is -3.69. The van der Waals surface area contributed by atoms with E-state index in [2.05, 4.69) is 10.0 Å². The Morgan fingerprint density at radius 3 is 2.64 bits per heavy atom. The van der Waals surface area contributed by atoms with E-state index in [0.717, 1.165) is 16.2 Å². The van der Waals surface area contributed by atoms with Gasteiger partial charge in [0.1, 0.15) is 9.96 Å². The molecule has 2 rings (SSSR count). The first-order valence-electron chi connectivity index (χ1n) is 6.41. The standard InChI is InChI=1S/C14H16N2O4S2/c1-10(17)15-9-11-7-8-14(21-11)22(18,19)16-12-5-3-4-6-13(12)20-2/h3-8,16H,9H2,1-2H3,(H,15,17). The maximum Gasteiger partial charge on any atom is 0.271 e. The molecule has 0 aliphatic heterocycles. The molecule has 22 heavy (non-hydrogen) atoms. The largest absolute Gasteiger partial charge is 0.495 e. The van der Waals surface area contributed by atoms with E-state index in [1.54, 1.807) is 30.3 Å². The predicted molar refractivity (Wildman–Crippen MR) is 85.6 cm³/mol. The molecule has 6 nitrogen and oxygen atoms in total. The second-order valence-electron chi connectivity index (χ2n) is 4.44. The smallest absolute Gasteiger partial charge is 0.271 e. The second-order valence-corrected chi connectivity index (χ2v) is 7.51. The van der Waals surface area contributed by atoms with E-state index >= 15 is 0 Å². The minimum Gasteiger partial charge on any atom is -0.495 e. The minimum absolute atomic E-state index is 0.162. The van der Waals surface area contributed by atoms with Crippen LogP contribution in [0.25, 0.3) is 0 Å². The summed E-state index contributed by atoms with van der Waals surface area (Å²) < 4.78 is 32.6. The Morgan fingerprint density at radius 2 is 1.95 bits per heavy atom. The number of amides is 1. The van der Waals surface area contributed by atoms with Crippen LogP contribution in [0.1, 0.15) is 11.8 Å². The van der Waals surface area contributed by atoms with E-state index in [9.17, 15) is 13.2 Å². The first kappa shape index (κ1) is 16.3. The van der Waals surface area contributed by atoms with Crippen LogP contribution in [0.3, 0.4) is 0 Å². The highest BCUT2D eigenvalue weighted by Crippen LogP contribution is 2.28. The summed E-state index contributed by atoms with van der Waals surface area (Å²) in [5.74, 6) is 0.283. The normalized spacial score (nSPS) is 11.0. The van der Waals surface area contributed by atoms with E-state index in [0.29, 0.717) is 18.0 Å². The van der Waals surface area contributed by atoms with Gasteiger partial charge in [-0.3, -0.25) is 9.52 Å². The molecular weight excluding hydrogens is 324 g/mol. The number of benzene rings is 1. The van der Waals surface area contributed by atoms with Crippen molar-refractivity contribution in [2.45, 2.75) is 17.7 Å². The molecule has 0 radical (unpaired) electrons. The third kappa shape index (κ3) is 3.99. The fraction of sp³-hybridized carbons (Fsp3) is 0.214. The first-order chi connectivity index (χ1) is 10.4. The highest BCUT2D eigenvalue weighted by atomic mass is 32.2. The summed E-state index contributed by atoms with van der Waals surface area (Å²) in [6.07, 6.45) is 0. The van der Waals surface area contributed by atoms with Gasteiger partial charge in [0.15, 0.2) is 0 Å². The molecule has 0 atom stereocenters. The fourth-order valence-electron chi connectivity index (χ4n) is 1.73. The number of hydrogen-bond acceptors (Lipinski definition) is 5. The summed E-state index contributed by atoms with van der Waals surface area (Å²) in [6.45, 7) is 1.72. The maximum atomic E-state index is 12.4. The molecule has 1 aromatic heterocycles. The summed E-state index contributed by atoms with van der Waals surface area (Å²) in [4.78, 5) is 11.6. The molecule has 0 bridgehead atoms. The van der Waals surface area contributed by atoms with Crippen molar-refractivity contribution in [2.24, 2.45) is 0 Å².